The minimum absolute atomic E-state index is 0.0420. The number of nitrogens with one attached hydrogen (secondary N) is 1. The van der Waals surface area contributed by atoms with Crippen molar-refractivity contribution in [3.63, 3.8) is 0 Å². The second-order valence-corrected chi connectivity index (χ2v) is 7.68. The van der Waals surface area contributed by atoms with Crippen molar-refractivity contribution >= 4 is 11.8 Å². The van der Waals surface area contributed by atoms with E-state index in [4.69, 9.17) is 4.42 Å². The molecule has 1 aromatic heterocycles. The summed E-state index contributed by atoms with van der Waals surface area (Å²) in [7, 11) is 0. The Morgan fingerprint density at radius 1 is 1.14 bits per heavy atom. The quantitative estimate of drug-likeness (QED) is 0.801. The Morgan fingerprint density at radius 3 is 2.64 bits per heavy atom. The zero-order valence-electron chi connectivity index (χ0n) is 16.0. The fraction of sp³-hybridized carbons (Fsp3) is 0.455. The van der Waals surface area contributed by atoms with Crippen molar-refractivity contribution in [2.75, 3.05) is 26.2 Å². The average Bonchev–Trinajstić information content (AvgIpc) is 3.46. The number of likely N-dealkylation sites (tertiary alicyclic amines) is 2. The molecule has 2 aliphatic heterocycles. The normalized spacial score (nSPS) is 21.2. The predicted molar refractivity (Wildman–Crippen MR) is 105 cm³/mol. The second kappa shape index (κ2) is 8.61. The van der Waals surface area contributed by atoms with E-state index in [9.17, 15) is 9.59 Å². The van der Waals surface area contributed by atoms with E-state index < -0.39 is 0 Å². The number of benzene rings is 1. The van der Waals surface area contributed by atoms with Gasteiger partial charge in [0.05, 0.1) is 18.2 Å². The van der Waals surface area contributed by atoms with Gasteiger partial charge >= 0.3 is 0 Å². The van der Waals surface area contributed by atoms with Gasteiger partial charge in [0.1, 0.15) is 5.76 Å². The minimum Gasteiger partial charge on any atom is -0.468 e. The highest BCUT2D eigenvalue weighted by Gasteiger charge is 2.35. The van der Waals surface area contributed by atoms with Gasteiger partial charge in [-0.2, -0.15) is 0 Å². The van der Waals surface area contributed by atoms with Crippen LogP contribution in [-0.4, -0.2) is 47.8 Å². The third kappa shape index (κ3) is 4.28. The molecule has 6 nitrogen and oxygen atoms in total. The van der Waals surface area contributed by atoms with Gasteiger partial charge in [-0.05, 0) is 43.6 Å². The van der Waals surface area contributed by atoms with Gasteiger partial charge in [0, 0.05) is 26.1 Å². The lowest BCUT2D eigenvalue weighted by Crippen LogP contribution is -2.39. The lowest BCUT2D eigenvalue weighted by molar-refractivity contribution is -0.129. The molecule has 1 N–H and O–H groups in total. The molecule has 0 bridgehead atoms. The standard InChI is InChI=1S/C22H27N3O3/c26-21-13-18(16-25(21)15-17-7-2-1-3-8-17)22(27)23-14-19(20-9-6-12-28-20)24-10-4-5-11-24/h1-3,6-9,12,18-19H,4-5,10-11,13-16H2,(H,23,27). The fourth-order valence-corrected chi connectivity index (χ4v) is 4.19. The molecule has 148 valence electrons. The summed E-state index contributed by atoms with van der Waals surface area (Å²) >= 11 is 0. The number of hydrogen-bond acceptors (Lipinski definition) is 4. The molecule has 0 spiro atoms. The third-order valence-electron chi connectivity index (χ3n) is 5.72. The van der Waals surface area contributed by atoms with Crippen LogP contribution >= 0.6 is 0 Å². The monoisotopic (exact) mass is 381 g/mol. The van der Waals surface area contributed by atoms with Crippen molar-refractivity contribution in [3.05, 3.63) is 60.1 Å². The molecule has 4 rings (SSSR count). The van der Waals surface area contributed by atoms with E-state index in [1.165, 1.54) is 12.8 Å². The van der Waals surface area contributed by atoms with E-state index in [1.807, 2.05) is 42.5 Å². The lowest BCUT2D eigenvalue weighted by Gasteiger charge is -2.26. The van der Waals surface area contributed by atoms with Crippen LogP contribution in [0.3, 0.4) is 0 Å². The Hall–Kier alpha value is -2.60. The largest absolute Gasteiger partial charge is 0.468 e. The van der Waals surface area contributed by atoms with Gasteiger partial charge in [-0.1, -0.05) is 30.3 Å². The molecule has 2 amide bonds. The minimum atomic E-state index is -0.285. The first-order chi connectivity index (χ1) is 13.7. The van der Waals surface area contributed by atoms with Crippen LogP contribution in [0, 0.1) is 5.92 Å². The summed E-state index contributed by atoms with van der Waals surface area (Å²) < 4.78 is 5.61. The topological polar surface area (TPSA) is 65.8 Å². The molecular formula is C22H27N3O3. The molecule has 1 aromatic carbocycles. The van der Waals surface area contributed by atoms with Crippen LogP contribution in [0.25, 0.3) is 0 Å². The van der Waals surface area contributed by atoms with Crippen LogP contribution in [0.4, 0.5) is 0 Å². The SMILES string of the molecule is O=C(NCC(c1ccco1)N1CCCC1)C1CC(=O)N(Cc2ccccc2)C1. The molecule has 2 aliphatic rings. The summed E-state index contributed by atoms with van der Waals surface area (Å²) in [5.74, 6) is 0.605. The maximum atomic E-state index is 12.7. The highest BCUT2D eigenvalue weighted by atomic mass is 16.3. The van der Waals surface area contributed by atoms with Crippen LogP contribution < -0.4 is 5.32 Å². The zero-order chi connectivity index (χ0) is 19.3. The Morgan fingerprint density at radius 2 is 1.93 bits per heavy atom. The van der Waals surface area contributed by atoms with Gasteiger partial charge in [-0.25, -0.2) is 0 Å². The van der Waals surface area contributed by atoms with Crippen molar-refractivity contribution in [2.24, 2.45) is 5.92 Å². The predicted octanol–water partition coefficient (Wildman–Crippen LogP) is 2.58. The summed E-state index contributed by atoms with van der Waals surface area (Å²) in [6.45, 7) is 3.60. The maximum Gasteiger partial charge on any atom is 0.225 e. The van der Waals surface area contributed by atoms with Gasteiger partial charge in [-0.3, -0.25) is 14.5 Å². The summed E-state index contributed by atoms with van der Waals surface area (Å²) in [4.78, 5) is 29.2. The molecular weight excluding hydrogens is 354 g/mol. The van der Waals surface area contributed by atoms with Crippen LogP contribution in [0.5, 0.6) is 0 Å². The Kier molecular flexibility index (Phi) is 5.76. The molecule has 2 fully saturated rings. The van der Waals surface area contributed by atoms with Gasteiger partial charge in [0.25, 0.3) is 0 Å². The van der Waals surface area contributed by atoms with E-state index in [-0.39, 0.29) is 30.2 Å². The highest BCUT2D eigenvalue weighted by molar-refractivity contribution is 5.89. The van der Waals surface area contributed by atoms with Crippen molar-refractivity contribution < 1.29 is 14.0 Å². The smallest absolute Gasteiger partial charge is 0.225 e. The fourth-order valence-electron chi connectivity index (χ4n) is 4.19. The molecule has 2 atom stereocenters. The van der Waals surface area contributed by atoms with Gasteiger partial charge in [-0.15, -0.1) is 0 Å². The van der Waals surface area contributed by atoms with Gasteiger partial charge in [0.15, 0.2) is 0 Å². The van der Waals surface area contributed by atoms with E-state index in [2.05, 4.69) is 10.2 Å². The Bertz CT molecular complexity index is 785. The van der Waals surface area contributed by atoms with Crippen LogP contribution in [0.2, 0.25) is 0 Å². The second-order valence-electron chi connectivity index (χ2n) is 7.68. The molecule has 2 saturated heterocycles. The van der Waals surface area contributed by atoms with Crippen LogP contribution in [0.1, 0.15) is 36.6 Å². The Labute approximate surface area is 165 Å². The van der Waals surface area contributed by atoms with Gasteiger partial charge < -0.3 is 14.6 Å². The van der Waals surface area contributed by atoms with E-state index in [0.717, 1.165) is 24.4 Å². The molecule has 2 aromatic rings. The molecule has 0 aliphatic carbocycles. The molecule has 3 heterocycles. The van der Waals surface area contributed by atoms with Crippen LogP contribution in [0.15, 0.2) is 53.1 Å². The first-order valence-corrected chi connectivity index (χ1v) is 10.1. The Balaban J connectivity index is 1.33. The summed E-state index contributed by atoms with van der Waals surface area (Å²) in [5, 5.41) is 3.08. The number of carbonyl (C=O) groups excluding carboxylic acids is 2. The van der Waals surface area contributed by atoms with Crippen LogP contribution in [-0.2, 0) is 16.1 Å². The maximum absolute atomic E-state index is 12.7. The van der Waals surface area contributed by atoms with Crippen molar-refractivity contribution in [3.8, 4) is 0 Å². The molecule has 28 heavy (non-hydrogen) atoms. The molecule has 6 heteroatoms. The molecule has 0 radical (unpaired) electrons. The summed E-state index contributed by atoms with van der Waals surface area (Å²) in [5.41, 5.74) is 1.09. The highest BCUT2D eigenvalue weighted by Crippen LogP contribution is 2.26. The number of amides is 2. The first kappa shape index (κ1) is 18.7. The molecule has 2 unspecified atom stereocenters. The number of furan rings is 1. The van der Waals surface area contributed by atoms with E-state index in [1.54, 1.807) is 11.2 Å². The number of rotatable bonds is 7. The molecule has 0 saturated carbocycles. The van der Waals surface area contributed by atoms with Crippen molar-refractivity contribution in [1.82, 2.24) is 15.1 Å². The third-order valence-corrected chi connectivity index (χ3v) is 5.72. The zero-order valence-corrected chi connectivity index (χ0v) is 16.0. The van der Waals surface area contributed by atoms with Gasteiger partial charge in [0.2, 0.25) is 11.8 Å². The summed E-state index contributed by atoms with van der Waals surface area (Å²) in [6, 6.07) is 13.8. The number of nitrogens with zero attached hydrogens (tertiary/aromatic N) is 2. The average molecular weight is 381 g/mol. The number of carbonyl (C=O) groups is 2. The van der Waals surface area contributed by atoms with E-state index >= 15 is 0 Å². The van der Waals surface area contributed by atoms with E-state index in [0.29, 0.717) is 19.6 Å². The number of hydrogen-bond donors (Lipinski definition) is 1. The van der Waals surface area contributed by atoms with Crippen molar-refractivity contribution in [2.45, 2.75) is 31.8 Å². The first-order valence-electron chi connectivity index (χ1n) is 10.1. The van der Waals surface area contributed by atoms with Crippen molar-refractivity contribution in [1.29, 1.82) is 0 Å². The summed E-state index contributed by atoms with van der Waals surface area (Å²) in [6.07, 6.45) is 4.32. The lowest BCUT2D eigenvalue weighted by atomic mass is 10.1.